The van der Waals surface area contributed by atoms with Gasteiger partial charge in [-0.3, -0.25) is 4.79 Å². The Morgan fingerprint density at radius 3 is 3.15 bits per heavy atom. The lowest BCUT2D eigenvalue weighted by molar-refractivity contribution is 0.504. The number of nitrogens with two attached hydrogens (primary N) is 1. The van der Waals surface area contributed by atoms with Crippen LogP contribution >= 0.6 is 0 Å². The smallest absolute Gasteiger partial charge is 0.280 e. The standard InChI is InChI=1S/C6H8N6O/c1-3(7)12-5-4(10-11-12)6(13)9-2-8-5/h2-3H,7H2,1H3,(H,8,9,13). The molecular formula is C6H8N6O. The van der Waals surface area contributed by atoms with Crippen molar-refractivity contribution in [3.8, 4) is 0 Å². The van der Waals surface area contributed by atoms with Crippen LogP contribution in [0, 0.1) is 0 Å². The average Bonchev–Trinajstić information content (AvgIpc) is 2.48. The number of hydrogen-bond donors (Lipinski definition) is 2. The van der Waals surface area contributed by atoms with Crippen molar-refractivity contribution in [2.45, 2.75) is 13.1 Å². The van der Waals surface area contributed by atoms with E-state index in [0.29, 0.717) is 5.65 Å². The first-order valence-electron chi connectivity index (χ1n) is 3.74. The maximum atomic E-state index is 11.2. The Kier molecular flexibility index (Phi) is 1.59. The maximum Gasteiger partial charge on any atom is 0.280 e. The molecule has 0 aromatic carbocycles. The van der Waals surface area contributed by atoms with Gasteiger partial charge in [0.1, 0.15) is 6.17 Å². The van der Waals surface area contributed by atoms with E-state index in [1.165, 1.54) is 11.0 Å². The highest BCUT2D eigenvalue weighted by Gasteiger charge is 2.10. The Balaban J connectivity index is 2.83. The second-order valence-corrected chi connectivity index (χ2v) is 2.68. The molecule has 1 atom stereocenters. The molecule has 3 N–H and O–H groups in total. The molecule has 2 heterocycles. The van der Waals surface area contributed by atoms with Gasteiger partial charge in [0.2, 0.25) is 0 Å². The van der Waals surface area contributed by atoms with Gasteiger partial charge >= 0.3 is 0 Å². The van der Waals surface area contributed by atoms with Crippen molar-refractivity contribution in [1.82, 2.24) is 25.0 Å². The fourth-order valence-electron chi connectivity index (χ4n) is 1.05. The van der Waals surface area contributed by atoms with E-state index in [0.717, 1.165) is 0 Å². The van der Waals surface area contributed by atoms with Gasteiger partial charge < -0.3 is 10.7 Å². The van der Waals surface area contributed by atoms with E-state index in [-0.39, 0.29) is 17.2 Å². The largest absolute Gasteiger partial charge is 0.311 e. The van der Waals surface area contributed by atoms with Crippen molar-refractivity contribution < 1.29 is 0 Å². The predicted molar refractivity (Wildman–Crippen MR) is 44.8 cm³/mol. The van der Waals surface area contributed by atoms with Crippen LogP contribution < -0.4 is 11.3 Å². The fraction of sp³-hybridized carbons (Fsp3) is 0.333. The number of aromatic amines is 1. The van der Waals surface area contributed by atoms with Crippen molar-refractivity contribution in [3.05, 3.63) is 16.7 Å². The number of nitrogens with one attached hydrogen (secondary N) is 1. The molecule has 2 aromatic heterocycles. The van der Waals surface area contributed by atoms with Crippen LogP contribution in [0.4, 0.5) is 0 Å². The summed E-state index contributed by atoms with van der Waals surface area (Å²) in [6, 6.07) is 0. The summed E-state index contributed by atoms with van der Waals surface area (Å²) in [7, 11) is 0. The van der Waals surface area contributed by atoms with Crippen LogP contribution in [0.3, 0.4) is 0 Å². The molecule has 0 aliphatic carbocycles. The van der Waals surface area contributed by atoms with Crippen molar-refractivity contribution >= 4 is 11.2 Å². The zero-order valence-electron chi connectivity index (χ0n) is 6.93. The Bertz CT molecular complexity index is 483. The molecule has 0 aliphatic rings. The van der Waals surface area contributed by atoms with Gasteiger partial charge in [-0.2, -0.15) is 0 Å². The molecule has 0 saturated carbocycles. The molecule has 0 bridgehead atoms. The molecule has 1 unspecified atom stereocenters. The number of nitrogens with zero attached hydrogens (tertiary/aromatic N) is 4. The highest BCUT2D eigenvalue weighted by Crippen LogP contribution is 2.04. The number of hydrogen-bond acceptors (Lipinski definition) is 5. The quantitative estimate of drug-likeness (QED) is 0.585. The molecule has 0 spiro atoms. The number of H-pyrrole nitrogens is 1. The van der Waals surface area contributed by atoms with E-state index >= 15 is 0 Å². The normalized spacial score (nSPS) is 13.4. The maximum absolute atomic E-state index is 11.2. The molecule has 0 amide bonds. The first-order chi connectivity index (χ1) is 6.20. The van der Waals surface area contributed by atoms with Gasteiger partial charge in [0, 0.05) is 0 Å². The first-order valence-corrected chi connectivity index (χ1v) is 3.74. The first kappa shape index (κ1) is 7.87. The van der Waals surface area contributed by atoms with Crippen LogP contribution in [-0.2, 0) is 0 Å². The molecule has 0 aliphatic heterocycles. The van der Waals surface area contributed by atoms with Crippen molar-refractivity contribution in [2.75, 3.05) is 0 Å². The Morgan fingerprint density at radius 1 is 1.69 bits per heavy atom. The third kappa shape index (κ3) is 1.09. The summed E-state index contributed by atoms with van der Waals surface area (Å²) in [5, 5.41) is 7.38. The topological polar surface area (TPSA) is 102 Å². The molecule has 0 fully saturated rings. The lowest BCUT2D eigenvalue weighted by atomic mass is 10.5. The number of fused-ring (bicyclic) bond motifs is 1. The zero-order valence-corrected chi connectivity index (χ0v) is 6.93. The van der Waals surface area contributed by atoms with Crippen LogP contribution in [0.15, 0.2) is 11.1 Å². The zero-order chi connectivity index (χ0) is 9.42. The lowest BCUT2D eigenvalue weighted by Crippen LogP contribution is -2.17. The van der Waals surface area contributed by atoms with Crippen LogP contribution in [0.1, 0.15) is 13.1 Å². The lowest BCUT2D eigenvalue weighted by Gasteiger charge is -2.02. The summed E-state index contributed by atoms with van der Waals surface area (Å²) < 4.78 is 1.39. The molecular weight excluding hydrogens is 172 g/mol. The molecule has 0 radical (unpaired) electrons. The second kappa shape index (κ2) is 2.63. The van der Waals surface area contributed by atoms with Gasteiger partial charge in [0.15, 0.2) is 11.2 Å². The van der Waals surface area contributed by atoms with Crippen molar-refractivity contribution in [3.63, 3.8) is 0 Å². The van der Waals surface area contributed by atoms with Crippen LogP contribution in [0.25, 0.3) is 11.2 Å². The van der Waals surface area contributed by atoms with Crippen LogP contribution in [-0.4, -0.2) is 25.0 Å². The van der Waals surface area contributed by atoms with Crippen LogP contribution in [0.5, 0.6) is 0 Å². The predicted octanol–water partition coefficient (Wildman–Crippen LogP) is -1.01. The summed E-state index contributed by atoms with van der Waals surface area (Å²) in [5.41, 5.74) is 5.88. The summed E-state index contributed by atoms with van der Waals surface area (Å²) in [5.74, 6) is 0. The van der Waals surface area contributed by atoms with E-state index in [9.17, 15) is 4.79 Å². The Hall–Kier alpha value is -1.76. The summed E-state index contributed by atoms with van der Waals surface area (Å²) in [6.07, 6.45) is 0.951. The number of rotatable bonds is 1. The summed E-state index contributed by atoms with van der Waals surface area (Å²) >= 11 is 0. The van der Waals surface area contributed by atoms with E-state index in [2.05, 4.69) is 20.3 Å². The van der Waals surface area contributed by atoms with Gasteiger partial charge in [-0.1, -0.05) is 5.21 Å². The van der Waals surface area contributed by atoms with Gasteiger partial charge in [-0.25, -0.2) is 9.67 Å². The number of aromatic nitrogens is 5. The second-order valence-electron chi connectivity index (χ2n) is 2.68. The SMILES string of the molecule is CC(N)n1nnc2c(=O)[nH]cnc21. The molecule has 68 valence electrons. The molecule has 0 saturated heterocycles. The Morgan fingerprint density at radius 2 is 2.46 bits per heavy atom. The minimum absolute atomic E-state index is 0.208. The highest BCUT2D eigenvalue weighted by atomic mass is 16.1. The third-order valence-corrected chi connectivity index (χ3v) is 1.65. The minimum Gasteiger partial charge on any atom is -0.311 e. The molecule has 2 rings (SSSR count). The molecule has 2 aromatic rings. The van der Waals surface area contributed by atoms with Gasteiger partial charge in [-0.05, 0) is 6.92 Å². The van der Waals surface area contributed by atoms with E-state index in [1.807, 2.05) is 0 Å². The summed E-state index contributed by atoms with van der Waals surface area (Å²) in [6.45, 7) is 1.73. The highest BCUT2D eigenvalue weighted by molar-refractivity contribution is 5.67. The molecule has 7 heteroatoms. The fourth-order valence-corrected chi connectivity index (χ4v) is 1.05. The third-order valence-electron chi connectivity index (χ3n) is 1.65. The van der Waals surface area contributed by atoms with E-state index in [4.69, 9.17) is 5.73 Å². The average molecular weight is 180 g/mol. The van der Waals surface area contributed by atoms with Crippen molar-refractivity contribution in [1.29, 1.82) is 0 Å². The van der Waals surface area contributed by atoms with E-state index < -0.39 is 0 Å². The minimum atomic E-state index is -0.348. The van der Waals surface area contributed by atoms with Gasteiger partial charge in [-0.15, -0.1) is 5.10 Å². The van der Waals surface area contributed by atoms with Gasteiger partial charge in [0.05, 0.1) is 6.33 Å². The Labute approximate surface area is 72.6 Å². The monoisotopic (exact) mass is 180 g/mol. The van der Waals surface area contributed by atoms with E-state index in [1.54, 1.807) is 6.92 Å². The molecule has 7 nitrogen and oxygen atoms in total. The summed E-state index contributed by atoms with van der Waals surface area (Å²) in [4.78, 5) is 17.5. The van der Waals surface area contributed by atoms with Gasteiger partial charge in [0.25, 0.3) is 5.56 Å². The van der Waals surface area contributed by atoms with Crippen LogP contribution in [0.2, 0.25) is 0 Å². The molecule has 13 heavy (non-hydrogen) atoms. The van der Waals surface area contributed by atoms with Crippen molar-refractivity contribution in [2.24, 2.45) is 5.73 Å².